The lowest BCUT2D eigenvalue weighted by Crippen LogP contribution is -2.45. The van der Waals surface area contributed by atoms with E-state index in [0.29, 0.717) is 17.5 Å². The monoisotopic (exact) mass is 323 g/mol. The third kappa shape index (κ3) is 3.13. The van der Waals surface area contributed by atoms with E-state index in [9.17, 15) is 15.0 Å². The molecule has 3 rings (SSSR count). The zero-order valence-electron chi connectivity index (χ0n) is 12.8. The number of nitriles is 1. The van der Waals surface area contributed by atoms with Gasteiger partial charge < -0.3 is 15.5 Å². The smallest absolute Gasteiger partial charge is 0.251 e. The zero-order valence-corrected chi connectivity index (χ0v) is 12.8. The molecule has 1 aromatic carbocycles. The first-order valence-corrected chi connectivity index (χ1v) is 7.67. The molecular weight excluding hydrogens is 306 g/mol. The summed E-state index contributed by atoms with van der Waals surface area (Å²) in [5.41, 5.74) is 1.72. The van der Waals surface area contributed by atoms with E-state index < -0.39 is 18.2 Å². The number of carbonyl (C=O) groups is 1. The van der Waals surface area contributed by atoms with E-state index in [1.165, 1.54) is 0 Å². The predicted octanol–water partition coefficient (Wildman–Crippen LogP) is 0.961. The fraction of sp³-hybridized carbons (Fsp3) is 0.278. The average Bonchev–Trinajstić information content (AvgIpc) is 2.91. The zero-order chi connectivity index (χ0) is 17.1. The Bertz CT molecular complexity index is 755. The molecule has 3 N–H and O–H groups in total. The number of aromatic nitrogens is 1. The highest BCUT2D eigenvalue weighted by atomic mass is 16.3. The maximum atomic E-state index is 12.4. The molecule has 0 aliphatic heterocycles. The number of rotatable bonds is 3. The van der Waals surface area contributed by atoms with E-state index in [2.05, 4.69) is 10.3 Å². The molecule has 6 heteroatoms. The summed E-state index contributed by atoms with van der Waals surface area (Å²) in [6.07, 6.45) is 1.73. The van der Waals surface area contributed by atoms with Crippen LogP contribution in [0.5, 0.6) is 0 Å². The number of hydrogen-bond donors (Lipinski definition) is 3. The van der Waals surface area contributed by atoms with Crippen molar-refractivity contribution in [2.75, 3.05) is 0 Å². The van der Waals surface area contributed by atoms with Crippen LogP contribution < -0.4 is 5.32 Å². The van der Waals surface area contributed by atoms with Gasteiger partial charge in [0.25, 0.3) is 5.91 Å². The van der Waals surface area contributed by atoms with Gasteiger partial charge in [0.05, 0.1) is 23.8 Å². The number of aliphatic hydroxyl groups is 2. The van der Waals surface area contributed by atoms with Crippen molar-refractivity contribution in [2.24, 2.45) is 0 Å². The van der Waals surface area contributed by atoms with Crippen molar-refractivity contribution in [3.05, 3.63) is 65.5 Å². The summed E-state index contributed by atoms with van der Waals surface area (Å²) in [5.74, 6) is -0.572. The Hall–Kier alpha value is -2.75. The molecule has 1 aromatic heterocycles. The molecule has 1 aliphatic carbocycles. The number of amides is 1. The number of nitrogens with zero attached hydrogens (tertiary/aromatic N) is 2. The highest BCUT2D eigenvalue weighted by Crippen LogP contribution is 2.35. The maximum Gasteiger partial charge on any atom is 0.251 e. The lowest BCUT2D eigenvalue weighted by molar-refractivity contribution is 0.0294. The number of aliphatic hydroxyl groups excluding tert-OH is 2. The van der Waals surface area contributed by atoms with Crippen LogP contribution >= 0.6 is 0 Å². The van der Waals surface area contributed by atoms with Gasteiger partial charge in [0.1, 0.15) is 6.10 Å². The Morgan fingerprint density at radius 1 is 1.25 bits per heavy atom. The van der Waals surface area contributed by atoms with Crippen molar-refractivity contribution in [3.8, 4) is 6.07 Å². The van der Waals surface area contributed by atoms with E-state index >= 15 is 0 Å². The van der Waals surface area contributed by atoms with Crippen molar-refractivity contribution in [1.82, 2.24) is 10.3 Å². The second kappa shape index (κ2) is 6.79. The van der Waals surface area contributed by atoms with Crippen LogP contribution in [0.2, 0.25) is 0 Å². The summed E-state index contributed by atoms with van der Waals surface area (Å²) >= 11 is 0. The van der Waals surface area contributed by atoms with Crippen molar-refractivity contribution in [1.29, 1.82) is 5.26 Å². The summed E-state index contributed by atoms with van der Waals surface area (Å²) in [6, 6.07) is 11.3. The van der Waals surface area contributed by atoms with Crippen LogP contribution in [0.3, 0.4) is 0 Å². The Balaban J connectivity index is 1.80. The SMILES string of the molecule is N#Cc1ccc(C(=O)NC2C(c3cccnc3)CC(O)C2O)cc1. The minimum Gasteiger partial charge on any atom is -0.390 e. The normalized spacial score (nSPS) is 25.9. The highest BCUT2D eigenvalue weighted by molar-refractivity contribution is 5.94. The van der Waals surface area contributed by atoms with Gasteiger partial charge in [-0.05, 0) is 42.3 Å². The molecule has 24 heavy (non-hydrogen) atoms. The molecule has 4 unspecified atom stereocenters. The minimum absolute atomic E-state index is 0.217. The lowest BCUT2D eigenvalue weighted by atomic mass is 9.94. The summed E-state index contributed by atoms with van der Waals surface area (Å²) in [7, 11) is 0. The standard InChI is InChI=1S/C18H17N3O3/c19-9-11-3-5-12(6-4-11)18(24)21-16-14(8-15(22)17(16)23)13-2-1-7-20-10-13/h1-7,10,14-17,22-23H,8H2,(H,21,24). The predicted molar refractivity (Wildman–Crippen MR) is 86.0 cm³/mol. The molecule has 0 bridgehead atoms. The molecule has 0 spiro atoms. The summed E-state index contributed by atoms with van der Waals surface area (Å²) < 4.78 is 0. The molecular formula is C18H17N3O3. The number of pyridine rings is 1. The second-order valence-corrected chi connectivity index (χ2v) is 5.87. The van der Waals surface area contributed by atoms with Crippen molar-refractivity contribution in [3.63, 3.8) is 0 Å². The van der Waals surface area contributed by atoms with Crippen LogP contribution in [0.25, 0.3) is 0 Å². The van der Waals surface area contributed by atoms with Crippen molar-refractivity contribution in [2.45, 2.75) is 30.6 Å². The van der Waals surface area contributed by atoms with E-state index in [1.807, 2.05) is 12.1 Å². The summed E-state index contributed by atoms with van der Waals surface area (Å²) in [6.45, 7) is 0. The van der Waals surface area contributed by atoms with Gasteiger partial charge in [0, 0.05) is 23.9 Å². The van der Waals surface area contributed by atoms with Gasteiger partial charge >= 0.3 is 0 Å². The maximum absolute atomic E-state index is 12.4. The lowest BCUT2D eigenvalue weighted by Gasteiger charge is -2.23. The first-order valence-electron chi connectivity index (χ1n) is 7.67. The van der Waals surface area contributed by atoms with Gasteiger partial charge in [-0.1, -0.05) is 6.07 Å². The second-order valence-electron chi connectivity index (χ2n) is 5.87. The molecule has 1 fully saturated rings. The third-order valence-electron chi connectivity index (χ3n) is 4.38. The quantitative estimate of drug-likeness (QED) is 0.780. The Morgan fingerprint density at radius 3 is 2.62 bits per heavy atom. The van der Waals surface area contributed by atoms with Crippen LogP contribution in [0, 0.1) is 11.3 Å². The van der Waals surface area contributed by atoms with Gasteiger partial charge in [0.2, 0.25) is 0 Å². The van der Waals surface area contributed by atoms with Crippen LogP contribution in [0.4, 0.5) is 0 Å². The topological polar surface area (TPSA) is 106 Å². The van der Waals surface area contributed by atoms with Crippen LogP contribution in [-0.2, 0) is 0 Å². The van der Waals surface area contributed by atoms with E-state index in [-0.39, 0.29) is 11.8 Å². The number of nitrogens with one attached hydrogen (secondary N) is 1. The summed E-state index contributed by atoms with van der Waals surface area (Å²) in [5, 5.41) is 31.8. The van der Waals surface area contributed by atoms with Gasteiger partial charge in [-0.25, -0.2) is 0 Å². The largest absolute Gasteiger partial charge is 0.390 e. The molecule has 0 radical (unpaired) electrons. The van der Waals surface area contributed by atoms with E-state index in [4.69, 9.17) is 5.26 Å². The highest BCUT2D eigenvalue weighted by Gasteiger charge is 2.43. The third-order valence-corrected chi connectivity index (χ3v) is 4.38. The van der Waals surface area contributed by atoms with Crippen LogP contribution in [0.15, 0.2) is 48.8 Å². The Kier molecular flexibility index (Phi) is 4.56. The number of hydrogen-bond acceptors (Lipinski definition) is 5. The molecule has 6 nitrogen and oxygen atoms in total. The van der Waals surface area contributed by atoms with E-state index in [1.54, 1.807) is 42.7 Å². The summed E-state index contributed by atoms with van der Waals surface area (Å²) in [4.78, 5) is 16.5. The fourth-order valence-corrected chi connectivity index (χ4v) is 3.08. The van der Waals surface area contributed by atoms with Gasteiger partial charge in [-0.3, -0.25) is 9.78 Å². The fourth-order valence-electron chi connectivity index (χ4n) is 3.08. The first kappa shape index (κ1) is 16.1. The number of benzene rings is 1. The molecule has 2 aromatic rings. The molecule has 1 amide bonds. The molecule has 1 saturated carbocycles. The molecule has 122 valence electrons. The first-order chi connectivity index (χ1) is 11.6. The van der Waals surface area contributed by atoms with Crippen molar-refractivity contribution < 1.29 is 15.0 Å². The average molecular weight is 323 g/mol. The van der Waals surface area contributed by atoms with Crippen LogP contribution in [0.1, 0.15) is 33.8 Å². The minimum atomic E-state index is -1.04. The van der Waals surface area contributed by atoms with Crippen LogP contribution in [-0.4, -0.2) is 39.4 Å². The van der Waals surface area contributed by atoms with Crippen molar-refractivity contribution >= 4 is 5.91 Å². The molecule has 0 saturated heterocycles. The molecule has 1 heterocycles. The Morgan fingerprint density at radius 2 is 2.00 bits per heavy atom. The molecule has 4 atom stereocenters. The van der Waals surface area contributed by atoms with E-state index in [0.717, 1.165) is 5.56 Å². The van der Waals surface area contributed by atoms with Gasteiger partial charge in [-0.2, -0.15) is 5.26 Å². The molecule has 1 aliphatic rings. The Labute approximate surface area is 139 Å². The van der Waals surface area contributed by atoms with Gasteiger partial charge in [-0.15, -0.1) is 0 Å². The van der Waals surface area contributed by atoms with Gasteiger partial charge in [0.15, 0.2) is 0 Å². The number of carbonyl (C=O) groups excluding carboxylic acids is 1.